The summed E-state index contributed by atoms with van der Waals surface area (Å²) in [5.74, 6) is -1.53. The molecule has 1 aliphatic heterocycles. The minimum absolute atomic E-state index is 0.0336. The second kappa shape index (κ2) is 5.99. The molecule has 0 aliphatic carbocycles. The SMILES string of the molecule is CCC(C)(C)NC(=O)N1CCS(=O)(=O)CC1CC(=O)O. The Bertz CT molecular complexity index is 486. The second-order valence-electron chi connectivity index (χ2n) is 5.73. The number of rotatable bonds is 4. The highest BCUT2D eigenvalue weighted by atomic mass is 32.2. The molecular formula is C12H22N2O5S. The largest absolute Gasteiger partial charge is 0.481 e. The van der Waals surface area contributed by atoms with Gasteiger partial charge in [-0.1, -0.05) is 6.92 Å². The maximum atomic E-state index is 12.2. The van der Waals surface area contributed by atoms with E-state index in [1.54, 1.807) is 0 Å². The number of nitrogens with zero attached hydrogens (tertiary/aromatic N) is 1. The predicted molar refractivity (Wildman–Crippen MR) is 74.3 cm³/mol. The Balaban J connectivity index is 2.85. The highest BCUT2D eigenvalue weighted by Crippen LogP contribution is 2.17. The molecule has 1 heterocycles. The normalized spacial score (nSPS) is 22.4. The lowest BCUT2D eigenvalue weighted by atomic mass is 10.0. The first-order chi connectivity index (χ1) is 9.06. The van der Waals surface area contributed by atoms with Crippen LogP contribution in [0.15, 0.2) is 0 Å². The van der Waals surface area contributed by atoms with Crippen LogP contribution in [0, 0.1) is 0 Å². The van der Waals surface area contributed by atoms with E-state index in [0.29, 0.717) is 6.42 Å². The lowest BCUT2D eigenvalue weighted by molar-refractivity contribution is -0.138. The summed E-state index contributed by atoms with van der Waals surface area (Å²) >= 11 is 0. The number of carboxylic acid groups (broad SMARTS) is 1. The predicted octanol–water partition coefficient (Wildman–Crippen LogP) is 0.458. The number of amides is 2. The summed E-state index contributed by atoms with van der Waals surface area (Å²) in [6.45, 7) is 5.68. The van der Waals surface area contributed by atoms with E-state index in [1.165, 1.54) is 4.90 Å². The lowest BCUT2D eigenvalue weighted by Gasteiger charge is -2.37. The van der Waals surface area contributed by atoms with Crippen LogP contribution in [0.25, 0.3) is 0 Å². The molecule has 2 N–H and O–H groups in total. The van der Waals surface area contributed by atoms with Crippen LogP contribution in [-0.4, -0.2) is 60.1 Å². The Morgan fingerprint density at radius 2 is 2.00 bits per heavy atom. The molecule has 1 rings (SSSR count). The number of carbonyl (C=O) groups is 2. The number of sulfone groups is 1. The molecular weight excluding hydrogens is 284 g/mol. The highest BCUT2D eigenvalue weighted by molar-refractivity contribution is 7.91. The first-order valence-electron chi connectivity index (χ1n) is 6.57. The summed E-state index contributed by atoms with van der Waals surface area (Å²) in [7, 11) is -3.28. The Hall–Kier alpha value is -1.31. The monoisotopic (exact) mass is 306 g/mol. The third-order valence-electron chi connectivity index (χ3n) is 3.53. The highest BCUT2D eigenvalue weighted by Gasteiger charge is 2.36. The van der Waals surface area contributed by atoms with Crippen LogP contribution in [0.4, 0.5) is 4.79 Å². The van der Waals surface area contributed by atoms with Gasteiger partial charge in [0.2, 0.25) is 0 Å². The fourth-order valence-electron chi connectivity index (χ4n) is 1.97. The fraction of sp³-hybridized carbons (Fsp3) is 0.833. The molecule has 1 unspecified atom stereocenters. The lowest BCUT2D eigenvalue weighted by Crippen LogP contribution is -2.58. The molecule has 0 radical (unpaired) electrons. The van der Waals surface area contributed by atoms with Crippen LogP contribution in [0.2, 0.25) is 0 Å². The summed E-state index contributed by atoms with van der Waals surface area (Å²) < 4.78 is 23.2. The van der Waals surface area contributed by atoms with Crippen molar-refractivity contribution in [3.8, 4) is 0 Å². The summed E-state index contributed by atoms with van der Waals surface area (Å²) in [5.41, 5.74) is -0.415. The molecule has 0 aromatic carbocycles. The van der Waals surface area contributed by atoms with Gasteiger partial charge >= 0.3 is 12.0 Å². The first-order valence-corrected chi connectivity index (χ1v) is 8.39. The van der Waals surface area contributed by atoms with Crippen molar-refractivity contribution in [3.05, 3.63) is 0 Å². The van der Waals surface area contributed by atoms with Crippen molar-refractivity contribution < 1.29 is 23.1 Å². The number of carbonyl (C=O) groups excluding carboxylic acids is 1. The third kappa shape index (κ3) is 4.66. The van der Waals surface area contributed by atoms with Crippen molar-refractivity contribution in [2.45, 2.75) is 45.2 Å². The van der Waals surface area contributed by atoms with Gasteiger partial charge in [0.1, 0.15) is 0 Å². The van der Waals surface area contributed by atoms with E-state index in [1.807, 2.05) is 20.8 Å². The van der Waals surface area contributed by atoms with E-state index in [2.05, 4.69) is 5.32 Å². The molecule has 0 spiro atoms. The van der Waals surface area contributed by atoms with E-state index in [0.717, 1.165) is 0 Å². The minimum atomic E-state index is -3.28. The minimum Gasteiger partial charge on any atom is -0.481 e. The number of aliphatic carboxylic acids is 1. The molecule has 2 amide bonds. The van der Waals surface area contributed by atoms with E-state index < -0.39 is 33.4 Å². The Labute approximate surface area is 119 Å². The Kier molecular flexibility index (Phi) is 5.01. The van der Waals surface area contributed by atoms with Crippen molar-refractivity contribution in [3.63, 3.8) is 0 Å². The van der Waals surface area contributed by atoms with Gasteiger partial charge < -0.3 is 15.3 Å². The number of urea groups is 1. The van der Waals surface area contributed by atoms with Gasteiger partial charge in [-0.3, -0.25) is 4.79 Å². The van der Waals surface area contributed by atoms with Gasteiger partial charge in [-0.05, 0) is 20.3 Å². The molecule has 0 bridgehead atoms. The van der Waals surface area contributed by atoms with Crippen molar-refractivity contribution in [2.75, 3.05) is 18.1 Å². The van der Waals surface area contributed by atoms with Crippen LogP contribution in [0.1, 0.15) is 33.6 Å². The molecule has 0 aromatic rings. The zero-order chi connectivity index (χ0) is 15.6. The van der Waals surface area contributed by atoms with E-state index >= 15 is 0 Å². The maximum Gasteiger partial charge on any atom is 0.318 e. The molecule has 1 atom stereocenters. The Morgan fingerprint density at radius 3 is 2.50 bits per heavy atom. The van der Waals surface area contributed by atoms with Crippen molar-refractivity contribution in [2.24, 2.45) is 0 Å². The smallest absolute Gasteiger partial charge is 0.318 e. The number of hydrogen-bond donors (Lipinski definition) is 2. The van der Waals surface area contributed by atoms with Crippen molar-refractivity contribution >= 4 is 21.8 Å². The molecule has 0 aromatic heterocycles. The average Bonchev–Trinajstić information content (AvgIpc) is 2.26. The van der Waals surface area contributed by atoms with Crippen LogP contribution >= 0.6 is 0 Å². The fourth-order valence-corrected chi connectivity index (χ4v) is 3.50. The molecule has 1 fully saturated rings. The van der Waals surface area contributed by atoms with Gasteiger partial charge in [-0.25, -0.2) is 13.2 Å². The van der Waals surface area contributed by atoms with Gasteiger partial charge in [0, 0.05) is 12.1 Å². The van der Waals surface area contributed by atoms with Crippen LogP contribution in [0.3, 0.4) is 0 Å². The summed E-state index contributed by atoms with van der Waals surface area (Å²) in [6.07, 6.45) is 0.355. The van der Waals surface area contributed by atoms with E-state index in [-0.39, 0.29) is 24.5 Å². The standard InChI is InChI=1S/C12H22N2O5S/c1-4-12(2,3)13-11(17)14-5-6-20(18,19)8-9(14)7-10(15)16/h9H,4-8H2,1-3H3,(H,13,17)(H,15,16). The molecule has 20 heavy (non-hydrogen) atoms. The van der Waals surface area contributed by atoms with Crippen LogP contribution in [0.5, 0.6) is 0 Å². The van der Waals surface area contributed by atoms with Gasteiger partial charge in [0.15, 0.2) is 9.84 Å². The molecule has 8 heteroatoms. The molecule has 0 saturated carbocycles. The zero-order valence-corrected chi connectivity index (χ0v) is 12.9. The third-order valence-corrected chi connectivity index (χ3v) is 5.23. The summed E-state index contributed by atoms with van der Waals surface area (Å²) in [5, 5.41) is 11.7. The molecule has 1 aliphatic rings. The molecule has 7 nitrogen and oxygen atoms in total. The van der Waals surface area contributed by atoms with E-state index in [4.69, 9.17) is 5.11 Å². The number of carboxylic acids is 1. The Morgan fingerprint density at radius 1 is 1.40 bits per heavy atom. The van der Waals surface area contributed by atoms with Gasteiger partial charge in [-0.2, -0.15) is 0 Å². The van der Waals surface area contributed by atoms with Gasteiger partial charge in [0.25, 0.3) is 0 Å². The average molecular weight is 306 g/mol. The molecule has 116 valence electrons. The van der Waals surface area contributed by atoms with Gasteiger partial charge in [-0.15, -0.1) is 0 Å². The summed E-state index contributed by atoms with van der Waals surface area (Å²) in [6, 6.07) is -1.21. The second-order valence-corrected chi connectivity index (χ2v) is 7.96. The number of nitrogens with one attached hydrogen (secondary N) is 1. The van der Waals surface area contributed by atoms with Gasteiger partial charge in [0.05, 0.1) is 24.0 Å². The molecule has 1 saturated heterocycles. The zero-order valence-electron chi connectivity index (χ0n) is 12.0. The first kappa shape index (κ1) is 16.7. The van der Waals surface area contributed by atoms with Crippen LogP contribution < -0.4 is 5.32 Å². The van der Waals surface area contributed by atoms with Crippen molar-refractivity contribution in [1.29, 1.82) is 0 Å². The quantitative estimate of drug-likeness (QED) is 0.785. The maximum absolute atomic E-state index is 12.2. The van der Waals surface area contributed by atoms with Crippen molar-refractivity contribution in [1.82, 2.24) is 10.2 Å². The topological polar surface area (TPSA) is 104 Å². The summed E-state index contributed by atoms with van der Waals surface area (Å²) in [4.78, 5) is 24.4. The van der Waals surface area contributed by atoms with Crippen LogP contribution in [-0.2, 0) is 14.6 Å². The van der Waals surface area contributed by atoms with E-state index in [9.17, 15) is 18.0 Å². The number of hydrogen-bond acceptors (Lipinski definition) is 4.